The number of aliphatic carboxylic acids is 1. The van der Waals surface area contributed by atoms with Crippen LogP contribution in [0.25, 0.3) is 0 Å². The second-order valence-electron chi connectivity index (χ2n) is 4.75. The van der Waals surface area contributed by atoms with Crippen LogP contribution in [-0.2, 0) is 4.79 Å². The van der Waals surface area contributed by atoms with Gasteiger partial charge in [0.2, 0.25) is 0 Å². The lowest BCUT2D eigenvalue weighted by Crippen LogP contribution is -2.26. The number of aryl methyl sites for hydroxylation is 1. The lowest BCUT2D eigenvalue weighted by atomic mass is 10.0. The van der Waals surface area contributed by atoms with Crippen molar-refractivity contribution >= 4 is 5.97 Å². The van der Waals surface area contributed by atoms with Gasteiger partial charge in [0.15, 0.2) is 0 Å². The first kappa shape index (κ1) is 12.2. The molecule has 0 amide bonds. The number of rotatable bonds is 5. The fraction of sp³-hybridized carbons (Fsp3) is 0.615. The van der Waals surface area contributed by atoms with E-state index in [0.29, 0.717) is 0 Å². The molecule has 94 valence electrons. The van der Waals surface area contributed by atoms with Gasteiger partial charge in [0.25, 0.3) is 0 Å². The number of carboxylic acid groups (broad SMARTS) is 1. The van der Waals surface area contributed by atoms with Gasteiger partial charge in [0, 0.05) is 12.5 Å². The smallest absolute Gasteiger partial charge is 0.304 e. The predicted octanol–water partition coefficient (Wildman–Crippen LogP) is 2.24. The third-order valence-electron chi connectivity index (χ3n) is 3.26. The molecular formula is C13H19NO3. The van der Waals surface area contributed by atoms with Crippen molar-refractivity contribution in [3.8, 4) is 0 Å². The third kappa shape index (κ3) is 3.33. The maximum Gasteiger partial charge on any atom is 0.304 e. The summed E-state index contributed by atoms with van der Waals surface area (Å²) in [6, 6.07) is 3.80. The van der Waals surface area contributed by atoms with Crippen molar-refractivity contribution in [3.63, 3.8) is 0 Å². The molecule has 1 aliphatic heterocycles. The Kier molecular flexibility index (Phi) is 3.84. The normalized spacial score (nSPS) is 18.4. The van der Waals surface area contributed by atoms with E-state index in [9.17, 15) is 4.79 Å². The summed E-state index contributed by atoms with van der Waals surface area (Å²) in [5, 5.41) is 8.97. The van der Waals surface area contributed by atoms with Crippen LogP contribution in [0.15, 0.2) is 16.5 Å². The summed E-state index contributed by atoms with van der Waals surface area (Å²) < 4.78 is 5.57. The molecule has 17 heavy (non-hydrogen) atoms. The molecule has 2 heterocycles. The number of hydrogen-bond acceptors (Lipinski definition) is 3. The number of furan rings is 1. The summed E-state index contributed by atoms with van der Waals surface area (Å²) in [4.78, 5) is 13.2. The summed E-state index contributed by atoms with van der Waals surface area (Å²) in [5.74, 6) is 0.858. The molecule has 1 fully saturated rings. The minimum absolute atomic E-state index is 0.0284. The van der Waals surface area contributed by atoms with Gasteiger partial charge in [0.1, 0.15) is 11.5 Å². The molecule has 0 spiro atoms. The second kappa shape index (κ2) is 5.36. The number of nitrogens with zero attached hydrogens (tertiary/aromatic N) is 1. The molecule has 0 aliphatic carbocycles. The summed E-state index contributed by atoms with van der Waals surface area (Å²) in [5.41, 5.74) is 0. The zero-order chi connectivity index (χ0) is 12.3. The Balaban J connectivity index is 2.04. The highest BCUT2D eigenvalue weighted by Crippen LogP contribution is 2.24. The molecule has 1 aliphatic rings. The summed E-state index contributed by atoms with van der Waals surface area (Å²) >= 11 is 0. The molecule has 1 aromatic rings. The van der Waals surface area contributed by atoms with Gasteiger partial charge < -0.3 is 14.4 Å². The number of hydrogen-bond donors (Lipinski definition) is 1. The van der Waals surface area contributed by atoms with Gasteiger partial charge >= 0.3 is 5.97 Å². The van der Waals surface area contributed by atoms with Gasteiger partial charge in [0.05, 0.1) is 6.42 Å². The maximum absolute atomic E-state index is 10.9. The molecule has 0 bridgehead atoms. The minimum Gasteiger partial charge on any atom is -0.481 e. The predicted molar refractivity (Wildman–Crippen MR) is 64.1 cm³/mol. The van der Waals surface area contributed by atoms with Crippen LogP contribution < -0.4 is 0 Å². The van der Waals surface area contributed by atoms with Crippen molar-refractivity contribution in [1.29, 1.82) is 0 Å². The first-order chi connectivity index (χ1) is 8.15. The van der Waals surface area contributed by atoms with Crippen LogP contribution >= 0.6 is 0 Å². The monoisotopic (exact) mass is 237 g/mol. The third-order valence-corrected chi connectivity index (χ3v) is 3.26. The van der Waals surface area contributed by atoms with Crippen LogP contribution in [0.1, 0.15) is 36.7 Å². The Bertz CT molecular complexity index is 380. The van der Waals surface area contributed by atoms with Crippen LogP contribution in [0.5, 0.6) is 0 Å². The summed E-state index contributed by atoms with van der Waals surface area (Å²) in [6.07, 6.45) is 2.58. The fourth-order valence-electron chi connectivity index (χ4n) is 2.42. The molecule has 1 unspecified atom stereocenters. The highest BCUT2D eigenvalue weighted by molar-refractivity contribution is 5.67. The van der Waals surface area contributed by atoms with Gasteiger partial charge in [-0.2, -0.15) is 0 Å². The van der Waals surface area contributed by atoms with Crippen LogP contribution in [0.3, 0.4) is 0 Å². The fourth-order valence-corrected chi connectivity index (χ4v) is 2.42. The lowest BCUT2D eigenvalue weighted by Gasteiger charge is -2.20. The first-order valence-electron chi connectivity index (χ1n) is 6.15. The Morgan fingerprint density at radius 1 is 1.47 bits per heavy atom. The van der Waals surface area contributed by atoms with Crippen molar-refractivity contribution in [1.82, 2.24) is 4.90 Å². The van der Waals surface area contributed by atoms with Gasteiger partial charge in [-0.15, -0.1) is 0 Å². The van der Waals surface area contributed by atoms with E-state index in [1.54, 1.807) is 0 Å². The zero-order valence-electron chi connectivity index (χ0n) is 10.2. The quantitative estimate of drug-likeness (QED) is 0.853. The maximum atomic E-state index is 10.9. The SMILES string of the molecule is Cc1ccc(C(CC(=O)O)CN2CCCC2)o1. The number of carboxylic acids is 1. The van der Waals surface area contributed by atoms with Crippen molar-refractivity contribution < 1.29 is 14.3 Å². The topological polar surface area (TPSA) is 53.7 Å². The molecule has 1 atom stereocenters. The first-order valence-corrected chi connectivity index (χ1v) is 6.15. The van der Waals surface area contributed by atoms with Crippen LogP contribution in [-0.4, -0.2) is 35.6 Å². The van der Waals surface area contributed by atoms with E-state index in [2.05, 4.69) is 4.90 Å². The van der Waals surface area contributed by atoms with E-state index in [1.807, 2.05) is 19.1 Å². The lowest BCUT2D eigenvalue weighted by molar-refractivity contribution is -0.137. The molecule has 4 heteroatoms. The highest BCUT2D eigenvalue weighted by atomic mass is 16.4. The van der Waals surface area contributed by atoms with E-state index >= 15 is 0 Å². The standard InChI is InChI=1S/C13H19NO3/c1-10-4-5-12(17-10)11(8-13(15)16)9-14-6-2-3-7-14/h4-5,11H,2-3,6-9H2,1H3,(H,15,16). The van der Waals surface area contributed by atoms with Crippen LogP contribution in [0.2, 0.25) is 0 Å². The summed E-state index contributed by atoms with van der Waals surface area (Å²) in [7, 11) is 0. The molecule has 4 nitrogen and oxygen atoms in total. The van der Waals surface area contributed by atoms with Crippen LogP contribution in [0.4, 0.5) is 0 Å². The second-order valence-corrected chi connectivity index (χ2v) is 4.75. The van der Waals surface area contributed by atoms with Gasteiger partial charge in [-0.05, 0) is 45.0 Å². The van der Waals surface area contributed by atoms with Crippen molar-refractivity contribution in [2.45, 2.75) is 32.1 Å². The van der Waals surface area contributed by atoms with Crippen LogP contribution in [0, 0.1) is 6.92 Å². The van der Waals surface area contributed by atoms with E-state index in [0.717, 1.165) is 31.2 Å². The van der Waals surface area contributed by atoms with Gasteiger partial charge in [-0.25, -0.2) is 0 Å². The Morgan fingerprint density at radius 2 is 2.18 bits per heavy atom. The Hall–Kier alpha value is -1.29. The number of carbonyl (C=O) groups is 1. The van der Waals surface area contributed by atoms with Crippen molar-refractivity contribution in [3.05, 3.63) is 23.7 Å². The average molecular weight is 237 g/mol. The van der Waals surface area contributed by atoms with Gasteiger partial charge in [-0.3, -0.25) is 4.79 Å². The molecule has 1 N–H and O–H groups in total. The Morgan fingerprint density at radius 3 is 2.71 bits per heavy atom. The minimum atomic E-state index is -0.761. The molecular weight excluding hydrogens is 218 g/mol. The number of likely N-dealkylation sites (tertiary alicyclic amines) is 1. The van der Waals surface area contributed by atoms with E-state index in [1.165, 1.54) is 12.8 Å². The molecule has 1 aromatic heterocycles. The zero-order valence-corrected chi connectivity index (χ0v) is 10.2. The highest BCUT2D eigenvalue weighted by Gasteiger charge is 2.23. The van der Waals surface area contributed by atoms with Crippen molar-refractivity contribution in [2.75, 3.05) is 19.6 Å². The van der Waals surface area contributed by atoms with Gasteiger partial charge in [-0.1, -0.05) is 0 Å². The average Bonchev–Trinajstić information content (AvgIpc) is 2.87. The van der Waals surface area contributed by atoms with Crippen molar-refractivity contribution in [2.24, 2.45) is 0 Å². The van der Waals surface area contributed by atoms with E-state index in [4.69, 9.17) is 9.52 Å². The van der Waals surface area contributed by atoms with E-state index < -0.39 is 5.97 Å². The largest absolute Gasteiger partial charge is 0.481 e. The molecule has 0 radical (unpaired) electrons. The molecule has 0 aromatic carbocycles. The van der Waals surface area contributed by atoms with E-state index in [-0.39, 0.29) is 12.3 Å². The summed E-state index contributed by atoms with van der Waals surface area (Å²) in [6.45, 7) is 4.84. The molecule has 2 rings (SSSR count). The molecule has 0 saturated carbocycles. The Labute approximate surface area is 101 Å². The molecule has 1 saturated heterocycles.